The maximum absolute atomic E-state index is 12.8. The Morgan fingerprint density at radius 2 is 2.00 bits per heavy atom. The highest BCUT2D eigenvalue weighted by molar-refractivity contribution is 8.17. The van der Waals surface area contributed by atoms with Gasteiger partial charge < -0.3 is 14.2 Å². The largest absolute Gasteiger partial charge is 0.392 e. The van der Waals surface area contributed by atoms with E-state index >= 15 is 0 Å². The Kier molecular flexibility index (Phi) is 8.31. The molecule has 0 aromatic rings. The van der Waals surface area contributed by atoms with Crippen molar-refractivity contribution in [3.05, 3.63) is 22.8 Å². The van der Waals surface area contributed by atoms with Crippen LogP contribution in [0.4, 0.5) is 0 Å². The molecule has 0 amide bonds. The summed E-state index contributed by atoms with van der Waals surface area (Å²) in [7, 11) is 1.62. The molecule has 2 heterocycles. The summed E-state index contributed by atoms with van der Waals surface area (Å²) in [6.07, 6.45) is 6.24. The van der Waals surface area contributed by atoms with E-state index in [4.69, 9.17) is 14.2 Å². The lowest BCUT2D eigenvalue weighted by Gasteiger charge is -2.36. The molecule has 0 bridgehead atoms. The summed E-state index contributed by atoms with van der Waals surface area (Å²) < 4.78 is 16.6. The second kappa shape index (κ2) is 10.5. The number of hydrogen-bond donors (Lipinski definition) is 0. The number of carbonyl (C=O) groups is 2. The number of hydrogen-bond acceptors (Lipinski definition) is 7. The zero-order chi connectivity index (χ0) is 21.0. The summed E-state index contributed by atoms with van der Waals surface area (Å²) in [5.74, 6) is 0.486. The fraction of sp³-hybridized carbons (Fsp3) is 0.727. The zero-order valence-corrected chi connectivity index (χ0v) is 19.4. The number of rotatable bonds is 8. The normalized spacial score (nSPS) is 30.6. The molecule has 0 N–H and O–H groups in total. The van der Waals surface area contributed by atoms with Gasteiger partial charge in [-0.15, -0.1) is 23.5 Å². The van der Waals surface area contributed by atoms with E-state index in [-0.39, 0.29) is 29.4 Å². The van der Waals surface area contributed by atoms with Crippen molar-refractivity contribution in [2.24, 2.45) is 17.8 Å². The Morgan fingerprint density at radius 3 is 2.66 bits per heavy atom. The topological polar surface area (TPSA) is 61.8 Å². The molecule has 0 unspecified atom stereocenters. The molecular formula is C22H32O5S2. The second-order valence-electron chi connectivity index (χ2n) is 7.95. The maximum Gasteiger partial charge on any atom is 0.321 e. The first-order chi connectivity index (χ1) is 14.0. The van der Waals surface area contributed by atoms with Gasteiger partial charge in [-0.1, -0.05) is 32.8 Å². The third-order valence-corrected chi connectivity index (χ3v) is 8.89. The Labute approximate surface area is 182 Å². The highest BCUT2D eigenvalue weighted by Crippen LogP contribution is 2.50. The van der Waals surface area contributed by atoms with Crippen molar-refractivity contribution in [1.82, 2.24) is 0 Å². The molecule has 3 rings (SSSR count). The fourth-order valence-corrected chi connectivity index (χ4v) is 7.43. The number of cyclic esters (lactones) is 2. The molecule has 2 aliphatic heterocycles. The van der Waals surface area contributed by atoms with Gasteiger partial charge in [0.25, 0.3) is 0 Å². The van der Waals surface area contributed by atoms with Gasteiger partial charge in [-0.05, 0) is 53.9 Å². The lowest BCUT2D eigenvalue weighted by atomic mass is 9.70. The van der Waals surface area contributed by atoms with Gasteiger partial charge in [-0.3, -0.25) is 9.59 Å². The van der Waals surface area contributed by atoms with Crippen LogP contribution in [0.2, 0.25) is 0 Å². The minimum absolute atomic E-state index is 0.0115. The number of unbranched alkanes of at least 4 members (excludes halogenated alkanes) is 1. The number of thioether (sulfide) groups is 2. The summed E-state index contributed by atoms with van der Waals surface area (Å²) >= 11 is 3.87. The van der Waals surface area contributed by atoms with Crippen LogP contribution < -0.4 is 0 Å². The van der Waals surface area contributed by atoms with Gasteiger partial charge >= 0.3 is 11.9 Å². The molecular weight excluding hydrogens is 408 g/mol. The molecule has 0 saturated carbocycles. The van der Waals surface area contributed by atoms with Gasteiger partial charge in [-0.2, -0.15) is 0 Å². The van der Waals surface area contributed by atoms with E-state index in [2.05, 4.69) is 19.9 Å². The first-order valence-electron chi connectivity index (χ1n) is 10.5. The van der Waals surface area contributed by atoms with Crippen molar-refractivity contribution in [3.63, 3.8) is 0 Å². The molecule has 7 heteroatoms. The van der Waals surface area contributed by atoms with E-state index in [1.165, 1.54) is 12.0 Å². The van der Waals surface area contributed by atoms with Gasteiger partial charge in [-0.25, -0.2) is 0 Å². The minimum atomic E-state index is -0.518. The second-order valence-corrected chi connectivity index (χ2v) is 10.7. The maximum atomic E-state index is 12.8. The van der Waals surface area contributed by atoms with Crippen LogP contribution in [0.5, 0.6) is 0 Å². The highest BCUT2D eigenvalue weighted by Gasteiger charge is 2.53. The van der Waals surface area contributed by atoms with E-state index in [1.54, 1.807) is 7.11 Å². The van der Waals surface area contributed by atoms with Crippen LogP contribution in [0.25, 0.3) is 0 Å². The quantitative estimate of drug-likeness (QED) is 0.311. The standard InChI is InChI=1S/C22H32O5S2/c1-5-6-8-16(26-12-25-4)14(3)18-15(22-28-9-7-10-29-22)11-13(2)17-19(18)21(24)27-20(17)23/h11,13,16-17,19,22H,5-10,12H2,1-4H3/b18-14+/t13-,16+,17-,19-/m0/s1. The van der Waals surface area contributed by atoms with Gasteiger partial charge in [0.05, 0.1) is 22.5 Å². The molecule has 4 atom stereocenters. The Hall–Kier alpha value is -0.760. The molecule has 1 aliphatic carbocycles. The van der Waals surface area contributed by atoms with Crippen LogP contribution in [-0.4, -0.2) is 48.0 Å². The van der Waals surface area contributed by atoms with Crippen molar-refractivity contribution in [3.8, 4) is 0 Å². The van der Waals surface area contributed by atoms with E-state index < -0.39 is 17.8 Å². The third-order valence-electron chi connectivity index (χ3n) is 5.91. The van der Waals surface area contributed by atoms with Gasteiger partial charge in [0.2, 0.25) is 0 Å². The molecule has 0 aromatic heterocycles. The van der Waals surface area contributed by atoms with E-state index in [1.807, 2.05) is 30.4 Å². The molecule has 2 saturated heterocycles. The summed E-state index contributed by atoms with van der Waals surface area (Å²) in [6.45, 7) is 6.44. The predicted octanol–water partition coefficient (Wildman–Crippen LogP) is 4.57. The fourth-order valence-electron chi connectivity index (χ4n) is 4.47. The monoisotopic (exact) mass is 440 g/mol. The summed E-state index contributed by atoms with van der Waals surface area (Å²) in [4.78, 5) is 25.2. The van der Waals surface area contributed by atoms with Gasteiger partial charge in [0.1, 0.15) is 6.79 Å². The van der Waals surface area contributed by atoms with Crippen LogP contribution in [0.3, 0.4) is 0 Å². The van der Waals surface area contributed by atoms with Crippen molar-refractivity contribution < 1.29 is 23.8 Å². The Bertz CT molecular complexity index is 673. The van der Waals surface area contributed by atoms with Gasteiger partial charge in [0.15, 0.2) is 0 Å². The highest BCUT2D eigenvalue weighted by atomic mass is 32.2. The summed E-state index contributed by atoms with van der Waals surface area (Å²) in [5, 5.41) is 0. The van der Waals surface area contributed by atoms with Crippen LogP contribution in [0.1, 0.15) is 46.5 Å². The van der Waals surface area contributed by atoms with E-state index in [0.717, 1.165) is 41.9 Å². The van der Waals surface area contributed by atoms with Crippen molar-refractivity contribution in [1.29, 1.82) is 0 Å². The predicted molar refractivity (Wildman–Crippen MR) is 118 cm³/mol. The Balaban J connectivity index is 2.06. The molecule has 3 aliphatic rings. The van der Waals surface area contributed by atoms with Crippen LogP contribution in [0.15, 0.2) is 22.8 Å². The number of allylic oxidation sites excluding steroid dienone is 1. The number of carbonyl (C=O) groups excluding carboxylic acids is 2. The van der Waals surface area contributed by atoms with Crippen LogP contribution >= 0.6 is 23.5 Å². The molecule has 0 aromatic carbocycles. The van der Waals surface area contributed by atoms with Crippen LogP contribution in [-0.2, 0) is 23.8 Å². The van der Waals surface area contributed by atoms with Crippen molar-refractivity contribution in [2.75, 3.05) is 25.4 Å². The number of fused-ring (bicyclic) bond motifs is 1. The summed E-state index contributed by atoms with van der Waals surface area (Å²) in [6, 6.07) is 0. The Morgan fingerprint density at radius 1 is 1.28 bits per heavy atom. The SMILES string of the molecule is CCCC[C@@H](OCOC)/C(C)=C1\C(C2SCCCS2)=C[C@H](C)[C@@H]2C(=O)OC(=O)[C@H]12. The van der Waals surface area contributed by atoms with E-state index in [0.29, 0.717) is 0 Å². The molecule has 2 fully saturated rings. The average molecular weight is 441 g/mol. The first-order valence-corrected chi connectivity index (χ1v) is 12.6. The van der Waals surface area contributed by atoms with E-state index in [9.17, 15) is 9.59 Å². The zero-order valence-electron chi connectivity index (χ0n) is 17.8. The lowest BCUT2D eigenvalue weighted by molar-refractivity contribution is -0.153. The molecule has 5 nitrogen and oxygen atoms in total. The van der Waals surface area contributed by atoms with Crippen molar-refractivity contribution >= 4 is 35.5 Å². The number of esters is 2. The molecule has 0 radical (unpaired) electrons. The lowest BCUT2D eigenvalue weighted by Crippen LogP contribution is -2.34. The average Bonchev–Trinajstić information content (AvgIpc) is 3.03. The first kappa shape index (κ1) is 22.9. The smallest absolute Gasteiger partial charge is 0.321 e. The molecule has 0 spiro atoms. The summed E-state index contributed by atoms with van der Waals surface area (Å²) in [5.41, 5.74) is 3.22. The molecule has 162 valence electrons. The van der Waals surface area contributed by atoms with Crippen molar-refractivity contribution in [2.45, 2.75) is 57.1 Å². The number of ether oxygens (including phenoxy) is 3. The number of methoxy groups -OCH3 is 1. The van der Waals surface area contributed by atoms with Gasteiger partial charge in [0, 0.05) is 7.11 Å². The molecule has 29 heavy (non-hydrogen) atoms. The third kappa shape index (κ3) is 4.94. The minimum Gasteiger partial charge on any atom is -0.392 e. The van der Waals surface area contributed by atoms with Crippen LogP contribution in [0, 0.1) is 17.8 Å².